The Labute approximate surface area is 389 Å². The number of morpholine rings is 1. The number of nitrogens with one attached hydrogen (secondary N) is 3. The highest BCUT2D eigenvalue weighted by Crippen LogP contribution is 2.38. The smallest absolute Gasteiger partial charge is 0.293 e. The second kappa shape index (κ2) is 19.3. The number of nitro benzene ring substituents is 1. The number of H-pyrrole nitrogens is 1. The van der Waals surface area contributed by atoms with Crippen LogP contribution >= 0.6 is 11.6 Å². The molecule has 1 amide bonds. The molecule has 16 nitrogen and oxygen atoms in total. The van der Waals surface area contributed by atoms with Crippen LogP contribution in [0.2, 0.25) is 5.02 Å². The molecule has 4 aliphatic rings. The number of anilines is 2. The van der Waals surface area contributed by atoms with Gasteiger partial charge in [-0.3, -0.25) is 24.7 Å². The van der Waals surface area contributed by atoms with Gasteiger partial charge in [0.15, 0.2) is 0 Å². The molecule has 0 radical (unpaired) electrons. The number of sulfonamides is 1. The summed E-state index contributed by atoms with van der Waals surface area (Å²) in [7, 11) is -4.58. The molecular weight excluding hydrogens is 884 g/mol. The van der Waals surface area contributed by atoms with Gasteiger partial charge in [0.1, 0.15) is 22.8 Å². The summed E-state index contributed by atoms with van der Waals surface area (Å²) in [6.07, 6.45) is 7.62. The number of aromatic amines is 1. The number of carbonyl (C=O) groups excluding carboxylic acids is 1. The monoisotopic (exact) mass is 938 g/mol. The molecule has 3 fully saturated rings. The van der Waals surface area contributed by atoms with Crippen LogP contribution in [0.15, 0.2) is 95.7 Å². The van der Waals surface area contributed by atoms with Crippen molar-refractivity contribution in [1.82, 2.24) is 24.5 Å². The van der Waals surface area contributed by atoms with Crippen molar-refractivity contribution in [3.8, 4) is 11.5 Å². The van der Waals surface area contributed by atoms with Gasteiger partial charge in [0.05, 0.1) is 47.0 Å². The number of nitrogens with zero attached hydrogens (tertiary/aromatic N) is 5. The molecule has 9 rings (SSSR count). The highest BCUT2D eigenvalue weighted by Gasteiger charge is 2.32. The van der Waals surface area contributed by atoms with E-state index >= 15 is 0 Å². The van der Waals surface area contributed by atoms with Crippen molar-refractivity contribution < 1.29 is 32.3 Å². The Balaban J connectivity index is 0.904. The molecule has 5 heterocycles. The Bertz CT molecular complexity index is 2720. The minimum absolute atomic E-state index is 0.00215. The Morgan fingerprint density at radius 2 is 1.73 bits per heavy atom. The number of benzene rings is 3. The van der Waals surface area contributed by atoms with Crippen LogP contribution < -0.4 is 19.7 Å². The Hall–Kier alpha value is -5.56. The first-order chi connectivity index (χ1) is 31.8. The third-order valence-corrected chi connectivity index (χ3v) is 14.7. The molecule has 2 aromatic heterocycles. The molecule has 0 bridgehead atoms. The average molecular weight is 940 g/mol. The van der Waals surface area contributed by atoms with Crippen LogP contribution in [0.25, 0.3) is 16.6 Å². The van der Waals surface area contributed by atoms with E-state index in [1.807, 2.05) is 18.2 Å². The van der Waals surface area contributed by atoms with Crippen LogP contribution in [0.1, 0.15) is 61.9 Å². The maximum Gasteiger partial charge on any atom is 0.293 e. The normalized spacial score (nSPS) is 20.9. The fraction of sp³-hybridized carbons (Fsp3) is 0.417. The van der Waals surface area contributed by atoms with E-state index in [1.54, 1.807) is 24.4 Å². The van der Waals surface area contributed by atoms with E-state index in [0.717, 1.165) is 101 Å². The molecule has 66 heavy (non-hydrogen) atoms. The van der Waals surface area contributed by atoms with Crippen LogP contribution in [0, 0.1) is 10.1 Å². The summed E-state index contributed by atoms with van der Waals surface area (Å²) in [5.74, 6) is -0.494. The lowest BCUT2D eigenvalue weighted by Crippen LogP contribution is -2.47. The first-order valence-corrected chi connectivity index (χ1v) is 24.4. The van der Waals surface area contributed by atoms with Crippen LogP contribution in [-0.4, -0.2) is 122 Å². The molecule has 2 saturated heterocycles. The largest absolute Gasteiger partial charge is 0.455 e. The lowest BCUT2D eigenvalue weighted by atomic mass is 9.87. The second-order valence-electron chi connectivity index (χ2n) is 18.1. The zero-order valence-corrected chi connectivity index (χ0v) is 38.7. The number of aromatic nitrogens is 2. The number of ether oxygens (including phenoxy) is 3. The molecule has 3 N–H and O–H groups in total. The summed E-state index contributed by atoms with van der Waals surface area (Å²) in [5, 5.41) is 17.1. The zero-order chi connectivity index (χ0) is 46.0. The summed E-state index contributed by atoms with van der Waals surface area (Å²) in [6.45, 7) is 11.7. The first-order valence-electron chi connectivity index (χ1n) is 22.5. The molecule has 0 unspecified atom stereocenters. The summed E-state index contributed by atoms with van der Waals surface area (Å²) < 4.78 is 47.9. The van der Waals surface area contributed by atoms with Crippen molar-refractivity contribution >= 4 is 61.2 Å². The van der Waals surface area contributed by atoms with E-state index in [2.05, 4.69) is 60.7 Å². The summed E-state index contributed by atoms with van der Waals surface area (Å²) in [4.78, 5) is 39.9. The third kappa shape index (κ3) is 10.5. The van der Waals surface area contributed by atoms with E-state index < -0.39 is 31.4 Å². The quantitative estimate of drug-likeness (QED) is 0.0767. The van der Waals surface area contributed by atoms with Gasteiger partial charge >= 0.3 is 0 Å². The highest BCUT2D eigenvalue weighted by atomic mass is 35.5. The number of piperazine rings is 1. The minimum atomic E-state index is -4.58. The Morgan fingerprint density at radius 3 is 2.47 bits per heavy atom. The van der Waals surface area contributed by atoms with Crippen molar-refractivity contribution in [1.29, 1.82) is 0 Å². The molecule has 1 aliphatic carbocycles. The van der Waals surface area contributed by atoms with E-state index in [-0.39, 0.29) is 28.6 Å². The zero-order valence-electron chi connectivity index (χ0n) is 37.1. The van der Waals surface area contributed by atoms with Crippen molar-refractivity contribution in [2.24, 2.45) is 0 Å². The van der Waals surface area contributed by atoms with E-state index in [4.69, 9.17) is 25.8 Å². The van der Waals surface area contributed by atoms with Crippen LogP contribution in [0.4, 0.5) is 17.1 Å². The van der Waals surface area contributed by atoms with Gasteiger partial charge in [0.25, 0.3) is 21.6 Å². The van der Waals surface area contributed by atoms with Gasteiger partial charge in [0, 0.05) is 98.7 Å². The SMILES string of the molecule is CC1(C)CC(c2ccc(Cl)cc2)=C(CN2CCN(c3ccc(C(=O)NS(=O)(=O)c4ccc(N[C@H]5CC[C@@H](N6CCOCC6)CC5)c([N+](=O)[O-])c4)c(Oc4cnc5[nH]ccc5c4)c3)CC2)CO1. The topological polar surface area (TPSA) is 184 Å². The lowest BCUT2D eigenvalue weighted by Gasteiger charge is -2.39. The summed E-state index contributed by atoms with van der Waals surface area (Å²) >= 11 is 6.23. The molecule has 0 atom stereocenters. The van der Waals surface area contributed by atoms with Gasteiger partial charge in [-0.1, -0.05) is 23.7 Å². The number of carbonyl (C=O) groups is 1. The maximum absolute atomic E-state index is 14.0. The minimum Gasteiger partial charge on any atom is -0.455 e. The lowest BCUT2D eigenvalue weighted by molar-refractivity contribution is -0.384. The molecular formula is C48H55ClN8O8S. The van der Waals surface area contributed by atoms with E-state index in [1.165, 1.54) is 35.5 Å². The van der Waals surface area contributed by atoms with Crippen molar-refractivity contribution in [3.05, 3.63) is 117 Å². The van der Waals surface area contributed by atoms with Crippen LogP contribution in [-0.2, 0) is 19.5 Å². The van der Waals surface area contributed by atoms with E-state index in [9.17, 15) is 23.3 Å². The molecule has 3 aliphatic heterocycles. The highest BCUT2D eigenvalue weighted by molar-refractivity contribution is 7.90. The number of nitro groups is 1. The molecule has 5 aromatic rings. The van der Waals surface area contributed by atoms with Crippen LogP contribution in [0.3, 0.4) is 0 Å². The third-order valence-electron chi connectivity index (χ3n) is 13.1. The number of pyridine rings is 1. The molecule has 18 heteroatoms. The van der Waals surface area contributed by atoms with E-state index in [0.29, 0.717) is 42.2 Å². The number of rotatable bonds is 13. The maximum atomic E-state index is 14.0. The van der Waals surface area contributed by atoms with Crippen molar-refractivity contribution in [2.75, 3.05) is 75.9 Å². The fourth-order valence-electron chi connectivity index (χ4n) is 9.52. The number of hydrogen-bond donors (Lipinski definition) is 3. The number of hydrogen-bond acceptors (Lipinski definition) is 13. The van der Waals surface area contributed by atoms with Gasteiger partial charge in [0.2, 0.25) is 0 Å². The number of halogens is 1. The van der Waals surface area contributed by atoms with Gasteiger partial charge in [-0.05, 0) is 105 Å². The molecule has 0 spiro atoms. The number of fused-ring (bicyclic) bond motifs is 1. The van der Waals surface area contributed by atoms with Gasteiger partial charge in [-0.25, -0.2) is 18.1 Å². The predicted molar refractivity (Wildman–Crippen MR) is 254 cm³/mol. The molecule has 3 aromatic carbocycles. The van der Waals surface area contributed by atoms with Crippen molar-refractivity contribution in [3.63, 3.8) is 0 Å². The standard InChI is InChI=1S/C48H55ClN8O8S/c1-48(2)28-42(32-3-5-35(49)6-4-32)34(31-64-48)30-54-17-19-55(20-18-54)38-11-13-41(45(26-38)65-39-25-33-15-16-50-46(33)51-29-39)47(58)53-66(61,62)40-12-14-43(44(27-40)57(59)60)52-36-7-9-37(10-8-36)56-21-23-63-24-22-56/h3-6,11-16,25-27,29,36-37,52H,7-10,17-24,28,30-31H2,1-2H3,(H,50,51)(H,53,58)/t36-,37+. The predicted octanol–water partition coefficient (Wildman–Crippen LogP) is 7.87. The fourth-order valence-corrected chi connectivity index (χ4v) is 10.6. The van der Waals surface area contributed by atoms with Gasteiger partial charge < -0.3 is 29.4 Å². The van der Waals surface area contributed by atoms with Crippen molar-refractivity contribution in [2.45, 2.75) is 68.5 Å². The van der Waals surface area contributed by atoms with Gasteiger partial charge in [-0.2, -0.15) is 0 Å². The van der Waals surface area contributed by atoms with Crippen LogP contribution in [0.5, 0.6) is 11.5 Å². The molecule has 1 saturated carbocycles. The second-order valence-corrected chi connectivity index (χ2v) is 20.2. The Morgan fingerprint density at radius 1 is 0.970 bits per heavy atom. The summed E-state index contributed by atoms with van der Waals surface area (Å²) in [5.41, 5.74) is 4.65. The number of amides is 1. The Kier molecular flexibility index (Phi) is 13.4. The first kappa shape index (κ1) is 45.6. The average Bonchev–Trinajstić information content (AvgIpc) is 3.79. The van der Waals surface area contributed by atoms with Gasteiger partial charge in [-0.15, -0.1) is 0 Å². The molecule has 348 valence electrons. The summed E-state index contributed by atoms with van der Waals surface area (Å²) in [6, 6.07) is 20.8.